The first-order valence-electron chi connectivity index (χ1n) is 5.84. The fourth-order valence-corrected chi connectivity index (χ4v) is 1.59. The molecule has 0 spiro atoms. The van der Waals surface area contributed by atoms with E-state index in [1.165, 1.54) is 0 Å². The predicted molar refractivity (Wildman–Crippen MR) is 71.7 cm³/mol. The molecule has 0 aliphatic rings. The first kappa shape index (κ1) is 13.6. The fourth-order valence-electron chi connectivity index (χ4n) is 1.59. The predicted octanol–water partition coefficient (Wildman–Crippen LogP) is 2.72. The summed E-state index contributed by atoms with van der Waals surface area (Å²) in [6.45, 7) is 5.18. The molecular formula is C14H21NO2. The van der Waals surface area contributed by atoms with Crippen LogP contribution in [0.3, 0.4) is 0 Å². The van der Waals surface area contributed by atoms with E-state index in [9.17, 15) is 0 Å². The van der Waals surface area contributed by atoms with Gasteiger partial charge in [-0.1, -0.05) is 19.1 Å². The number of ether oxygens (including phenoxy) is 2. The first-order valence-corrected chi connectivity index (χ1v) is 5.84. The van der Waals surface area contributed by atoms with Gasteiger partial charge in [-0.05, 0) is 25.6 Å². The Morgan fingerprint density at radius 3 is 2.65 bits per heavy atom. The minimum atomic E-state index is 0.354. The Balaban J connectivity index is 2.83. The van der Waals surface area contributed by atoms with E-state index in [-0.39, 0.29) is 0 Å². The van der Waals surface area contributed by atoms with E-state index in [1.54, 1.807) is 14.2 Å². The summed E-state index contributed by atoms with van der Waals surface area (Å²) in [5.74, 6) is 1.63. The number of hydrogen-bond donors (Lipinski definition) is 1. The van der Waals surface area contributed by atoms with Gasteiger partial charge >= 0.3 is 0 Å². The fraction of sp³-hybridized carbons (Fsp3) is 0.429. The smallest absolute Gasteiger partial charge is 0.129 e. The summed E-state index contributed by atoms with van der Waals surface area (Å²) in [5, 5.41) is 3.32. The average Bonchev–Trinajstić information content (AvgIpc) is 2.36. The highest BCUT2D eigenvalue weighted by Crippen LogP contribution is 2.25. The standard InChI is InChI=1S/C14H21NO2/c1-5-15-11(2)6-7-12-8-9-13(16-3)10-14(12)17-4/h6-11,15H,5H2,1-4H3/b7-6+. The molecule has 3 heteroatoms. The summed E-state index contributed by atoms with van der Waals surface area (Å²) in [5.41, 5.74) is 1.05. The van der Waals surface area contributed by atoms with E-state index in [2.05, 4.69) is 31.3 Å². The normalized spacial score (nSPS) is 12.7. The molecule has 0 aliphatic heterocycles. The van der Waals surface area contributed by atoms with Crippen LogP contribution in [0.5, 0.6) is 11.5 Å². The maximum atomic E-state index is 5.33. The molecule has 0 saturated carbocycles. The minimum Gasteiger partial charge on any atom is -0.497 e. The maximum Gasteiger partial charge on any atom is 0.129 e. The summed E-state index contributed by atoms with van der Waals surface area (Å²) in [6.07, 6.45) is 4.18. The summed E-state index contributed by atoms with van der Waals surface area (Å²) < 4.78 is 10.5. The third-order valence-corrected chi connectivity index (χ3v) is 2.53. The number of benzene rings is 1. The van der Waals surface area contributed by atoms with E-state index in [4.69, 9.17) is 9.47 Å². The summed E-state index contributed by atoms with van der Waals surface area (Å²) >= 11 is 0. The van der Waals surface area contributed by atoms with Gasteiger partial charge in [-0.25, -0.2) is 0 Å². The van der Waals surface area contributed by atoms with Crippen LogP contribution >= 0.6 is 0 Å². The number of nitrogens with one attached hydrogen (secondary N) is 1. The van der Waals surface area contributed by atoms with E-state index in [1.807, 2.05) is 18.2 Å². The Morgan fingerprint density at radius 2 is 2.06 bits per heavy atom. The molecule has 1 aromatic carbocycles. The van der Waals surface area contributed by atoms with Gasteiger partial charge in [0, 0.05) is 17.7 Å². The van der Waals surface area contributed by atoms with Crippen molar-refractivity contribution in [3.05, 3.63) is 29.8 Å². The van der Waals surface area contributed by atoms with Gasteiger partial charge in [0.05, 0.1) is 14.2 Å². The number of likely N-dealkylation sites (N-methyl/N-ethyl adjacent to an activating group) is 1. The Labute approximate surface area is 103 Å². The van der Waals surface area contributed by atoms with Gasteiger partial charge in [0.1, 0.15) is 11.5 Å². The van der Waals surface area contributed by atoms with Gasteiger partial charge in [0.2, 0.25) is 0 Å². The van der Waals surface area contributed by atoms with Crippen LogP contribution in [0.1, 0.15) is 19.4 Å². The van der Waals surface area contributed by atoms with Crippen LogP contribution < -0.4 is 14.8 Å². The van der Waals surface area contributed by atoms with Crippen LogP contribution in [0.4, 0.5) is 0 Å². The average molecular weight is 235 g/mol. The molecular weight excluding hydrogens is 214 g/mol. The van der Waals surface area contributed by atoms with E-state index < -0.39 is 0 Å². The van der Waals surface area contributed by atoms with Crippen LogP contribution in [-0.2, 0) is 0 Å². The van der Waals surface area contributed by atoms with Gasteiger partial charge in [0.25, 0.3) is 0 Å². The van der Waals surface area contributed by atoms with Crippen molar-refractivity contribution in [3.63, 3.8) is 0 Å². The van der Waals surface area contributed by atoms with E-state index >= 15 is 0 Å². The lowest BCUT2D eigenvalue weighted by molar-refractivity contribution is 0.393. The molecule has 1 N–H and O–H groups in total. The summed E-state index contributed by atoms with van der Waals surface area (Å²) in [6, 6.07) is 6.16. The molecule has 94 valence electrons. The van der Waals surface area contributed by atoms with Crippen molar-refractivity contribution >= 4 is 6.08 Å². The van der Waals surface area contributed by atoms with Crippen molar-refractivity contribution in [1.82, 2.24) is 5.32 Å². The zero-order valence-corrected chi connectivity index (χ0v) is 11.0. The quantitative estimate of drug-likeness (QED) is 0.822. The second kappa shape index (κ2) is 6.97. The van der Waals surface area contributed by atoms with Gasteiger partial charge in [-0.3, -0.25) is 0 Å². The number of hydrogen-bond acceptors (Lipinski definition) is 3. The van der Waals surface area contributed by atoms with E-state index in [0.717, 1.165) is 23.6 Å². The molecule has 0 fully saturated rings. The second-order valence-corrected chi connectivity index (χ2v) is 3.81. The lowest BCUT2D eigenvalue weighted by atomic mass is 10.1. The van der Waals surface area contributed by atoms with Gasteiger partial charge in [-0.2, -0.15) is 0 Å². The van der Waals surface area contributed by atoms with Crippen LogP contribution in [0.25, 0.3) is 6.08 Å². The van der Waals surface area contributed by atoms with Crippen LogP contribution in [0.15, 0.2) is 24.3 Å². The third-order valence-electron chi connectivity index (χ3n) is 2.53. The van der Waals surface area contributed by atoms with Gasteiger partial charge in [-0.15, -0.1) is 0 Å². The summed E-state index contributed by atoms with van der Waals surface area (Å²) in [7, 11) is 3.32. The zero-order chi connectivity index (χ0) is 12.7. The Hall–Kier alpha value is -1.48. The molecule has 0 amide bonds. The lowest BCUT2D eigenvalue weighted by Gasteiger charge is -2.09. The minimum absolute atomic E-state index is 0.354. The SMILES string of the molecule is CCNC(C)/C=C/c1ccc(OC)cc1OC. The Kier molecular flexibility index (Phi) is 5.57. The lowest BCUT2D eigenvalue weighted by Crippen LogP contribution is -2.22. The van der Waals surface area contributed by atoms with Crippen molar-refractivity contribution in [3.8, 4) is 11.5 Å². The van der Waals surface area contributed by atoms with Crippen molar-refractivity contribution in [2.45, 2.75) is 19.9 Å². The molecule has 3 nitrogen and oxygen atoms in total. The molecule has 0 bridgehead atoms. The molecule has 0 saturated heterocycles. The van der Waals surface area contributed by atoms with Gasteiger partial charge in [0.15, 0.2) is 0 Å². The molecule has 0 heterocycles. The number of rotatable bonds is 6. The molecule has 0 aliphatic carbocycles. The highest BCUT2D eigenvalue weighted by molar-refractivity contribution is 5.59. The van der Waals surface area contributed by atoms with Crippen molar-refractivity contribution in [2.24, 2.45) is 0 Å². The van der Waals surface area contributed by atoms with E-state index in [0.29, 0.717) is 6.04 Å². The molecule has 1 atom stereocenters. The molecule has 0 radical (unpaired) electrons. The van der Waals surface area contributed by atoms with Crippen LogP contribution in [0.2, 0.25) is 0 Å². The molecule has 1 rings (SSSR count). The topological polar surface area (TPSA) is 30.5 Å². The van der Waals surface area contributed by atoms with Crippen molar-refractivity contribution < 1.29 is 9.47 Å². The van der Waals surface area contributed by atoms with Gasteiger partial charge < -0.3 is 14.8 Å². The maximum absolute atomic E-state index is 5.33. The first-order chi connectivity index (χ1) is 8.21. The molecule has 17 heavy (non-hydrogen) atoms. The van der Waals surface area contributed by atoms with Crippen LogP contribution in [-0.4, -0.2) is 26.8 Å². The van der Waals surface area contributed by atoms with Crippen molar-refractivity contribution in [1.29, 1.82) is 0 Å². The largest absolute Gasteiger partial charge is 0.497 e. The van der Waals surface area contributed by atoms with Crippen molar-refractivity contribution in [2.75, 3.05) is 20.8 Å². The Morgan fingerprint density at radius 1 is 1.29 bits per heavy atom. The Bertz CT molecular complexity index is 374. The molecule has 0 aromatic heterocycles. The highest BCUT2D eigenvalue weighted by atomic mass is 16.5. The highest BCUT2D eigenvalue weighted by Gasteiger charge is 2.02. The monoisotopic (exact) mass is 235 g/mol. The van der Waals surface area contributed by atoms with Crippen LogP contribution in [0, 0.1) is 0 Å². The second-order valence-electron chi connectivity index (χ2n) is 3.81. The summed E-state index contributed by atoms with van der Waals surface area (Å²) in [4.78, 5) is 0. The third kappa shape index (κ3) is 4.11. The number of methoxy groups -OCH3 is 2. The molecule has 1 aromatic rings. The zero-order valence-electron chi connectivity index (χ0n) is 11.0. The molecule has 1 unspecified atom stereocenters.